The number of hydrogen-bond donors (Lipinski definition) is 1. The van der Waals surface area contributed by atoms with Crippen LogP contribution in [0.25, 0.3) is 21.8 Å². The molecule has 1 amide bonds. The molecule has 7 heteroatoms. The van der Waals surface area contributed by atoms with Crippen LogP contribution in [-0.2, 0) is 13.6 Å². The van der Waals surface area contributed by atoms with E-state index in [1.807, 2.05) is 61.0 Å². The zero-order chi connectivity index (χ0) is 24.0. The molecule has 1 N–H and O–H groups in total. The van der Waals surface area contributed by atoms with Gasteiger partial charge in [-0.3, -0.25) is 9.59 Å². The molecular formula is C27H29N3O4. The lowest BCUT2D eigenvalue weighted by molar-refractivity contribution is 0.0940. The van der Waals surface area contributed by atoms with Crippen molar-refractivity contribution >= 4 is 27.7 Å². The summed E-state index contributed by atoms with van der Waals surface area (Å²) in [6, 6.07) is 13.3. The Morgan fingerprint density at radius 2 is 1.79 bits per heavy atom. The Labute approximate surface area is 197 Å². The van der Waals surface area contributed by atoms with Gasteiger partial charge >= 0.3 is 0 Å². The summed E-state index contributed by atoms with van der Waals surface area (Å²) in [7, 11) is 1.88. The van der Waals surface area contributed by atoms with E-state index in [0.29, 0.717) is 47.7 Å². The maximum absolute atomic E-state index is 13.6. The molecule has 7 nitrogen and oxygen atoms in total. The van der Waals surface area contributed by atoms with E-state index in [0.717, 1.165) is 16.5 Å². The second kappa shape index (κ2) is 8.56. The quantitative estimate of drug-likeness (QED) is 0.480. The minimum absolute atomic E-state index is 0.0844. The first-order chi connectivity index (χ1) is 16.3. The average Bonchev–Trinajstić information content (AvgIpc) is 3.13. The molecule has 1 aliphatic rings. The van der Waals surface area contributed by atoms with Gasteiger partial charge in [-0.05, 0) is 36.6 Å². The van der Waals surface area contributed by atoms with Gasteiger partial charge in [0.25, 0.3) is 11.5 Å². The number of fused-ring (bicyclic) bond motifs is 4. The lowest BCUT2D eigenvalue weighted by atomic mass is 10.0. The molecule has 0 spiro atoms. The predicted molar refractivity (Wildman–Crippen MR) is 133 cm³/mol. The third-order valence-electron chi connectivity index (χ3n) is 6.34. The predicted octanol–water partition coefficient (Wildman–Crippen LogP) is 4.41. The second-order valence-electron chi connectivity index (χ2n) is 9.29. The monoisotopic (exact) mass is 459 g/mol. The maximum atomic E-state index is 13.6. The van der Waals surface area contributed by atoms with Crippen LogP contribution in [0.1, 0.15) is 42.7 Å². The van der Waals surface area contributed by atoms with Crippen LogP contribution in [-0.4, -0.2) is 28.3 Å². The molecule has 0 unspecified atom stereocenters. The minimum Gasteiger partial charge on any atom is -0.486 e. The molecule has 1 atom stereocenters. The Bertz CT molecular complexity index is 1460. The van der Waals surface area contributed by atoms with Crippen molar-refractivity contribution in [1.82, 2.24) is 14.5 Å². The normalized spacial score (nSPS) is 14.0. The highest BCUT2D eigenvalue weighted by molar-refractivity contribution is 6.17. The Morgan fingerprint density at radius 1 is 1.06 bits per heavy atom. The largest absolute Gasteiger partial charge is 0.486 e. The summed E-state index contributed by atoms with van der Waals surface area (Å²) in [5.41, 5.74) is 2.80. The van der Waals surface area contributed by atoms with Crippen molar-refractivity contribution in [1.29, 1.82) is 0 Å². The van der Waals surface area contributed by atoms with E-state index in [1.165, 1.54) is 0 Å². The third kappa shape index (κ3) is 3.71. The van der Waals surface area contributed by atoms with E-state index < -0.39 is 0 Å². The Balaban J connectivity index is 1.59. The van der Waals surface area contributed by atoms with Crippen LogP contribution in [0.15, 0.2) is 53.5 Å². The number of aromatic nitrogens is 2. The number of nitrogens with one attached hydrogen (secondary N) is 1. The first-order valence-electron chi connectivity index (χ1n) is 11.7. The van der Waals surface area contributed by atoms with Gasteiger partial charge in [0.05, 0.1) is 11.6 Å². The molecule has 0 fully saturated rings. The highest BCUT2D eigenvalue weighted by Gasteiger charge is 2.23. The van der Waals surface area contributed by atoms with Gasteiger partial charge < -0.3 is 23.9 Å². The zero-order valence-corrected chi connectivity index (χ0v) is 19.9. The molecule has 0 bridgehead atoms. The molecule has 0 aliphatic carbocycles. The highest BCUT2D eigenvalue weighted by atomic mass is 16.6. The number of pyridine rings is 1. The molecular weight excluding hydrogens is 430 g/mol. The topological polar surface area (TPSA) is 74.5 Å². The number of rotatable bonds is 5. The summed E-state index contributed by atoms with van der Waals surface area (Å²) in [4.78, 5) is 27.0. The Morgan fingerprint density at radius 3 is 2.56 bits per heavy atom. The molecule has 0 saturated carbocycles. The summed E-state index contributed by atoms with van der Waals surface area (Å²) in [5.74, 6) is 1.44. The van der Waals surface area contributed by atoms with Gasteiger partial charge in [-0.25, -0.2) is 0 Å². The number of nitrogens with zero attached hydrogens (tertiary/aromatic N) is 2. The van der Waals surface area contributed by atoms with Gasteiger partial charge in [-0.1, -0.05) is 38.1 Å². The van der Waals surface area contributed by atoms with Crippen molar-refractivity contribution in [3.63, 3.8) is 0 Å². The molecule has 2 aromatic heterocycles. The number of ether oxygens (including phenoxy) is 2. The summed E-state index contributed by atoms with van der Waals surface area (Å²) < 4.78 is 14.9. The van der Waals surface area contributed by atoms with E-state index in [-0.39, 0.29) is 23.4 Å². The molecule has 4 aromatic rings. The van der Waals surface area contributed by atoms with E-state index in [4.69, 9.17) is 9.47 Å². The fourth-order valence-electron chi connectivity index (χ4n) is 4.72. The fourth-order valence-corrected chi connectivity index (χ4v) is 4.72. The van der Waals surface area contributed by atoms with E-state index in [1.54, 1.807) is 10.8 Å². The number of carbonyl (C=O) groups excluding carboxylic acids is 1. The number of hydrogen-bond acceptors (Lipinski definition) is 4. The molecule has 0 saturated heterocycles. The van der Waals surface area contributed by atoms with Gasteiger partial charge in [-0.2, -0.15) is 0 Å². The van der Waals surface area contributed by atoms with Crippen LogP contribution in [0.5, 0.6) is 11.5 Å². The number of benzene rings is 2. The average molecular weight is 460 g/mol. The van der Waals surface area contributed by atoms with Crippen molar-refractivity contribution in [2.45, 2.75) is 33.4 Å². The van der Waals surface area contributed by atoms with Crippen molar-refractivity contribution in [2.24, 2.45) is 13.0 Å². The van der Waals surface area contributed by atoms with Gasteiger partial charge in [0, 0.05) is 36.1 Å². The van der Waals surface area contributed by atoms with Crippen LogP contribution in [0, 0.1) is 5.92 Å². The van der Waals surface area contributed by atoms with Gasteiger partial charge in [0.15, 0.2) is 11.5 Å². The fraction of sp³-hybridized carbons (Fsp3) is 0.333. The standard InChI is InChI=1S/C27H29N3O4/c1-16(2)14-30-15-20(24-19-7-5-6-8-21(19)29(4)25(24)27(30)32)26(31)28-17(3)18-9-10-22-23(13-18)34-12-11-33-22/h5-10,13,15-17H,11-12,14H2,1-4H3,(H,28,31)/t17-/m0/s1. The van der Waals surface area contributed by atoms with Crippen molar-refractivity contribution in [3.05, 3.63) is 70.1 Å². The number of aryl methyl sites for hydroxylation is 1. The van der Waals surface area contributed by atoms with Crippen LogP contribution in [0.4, 0.5) is 0 Å². The highest BCUT2D eigenvalue weighted by Crippen LogP contribution is 2.33. The van der Waals surface area contributed by atoms with Gasteiger partial charge in [0.2, 0.25) is 0 Å². The molecule has 34 heavy (non-hydrogen) atoms. The van der Waals surface area contributed by atoms with E-state index >= 15 is 0 Å². The van der Waals surface area contributed by atoms with Gasteiger partial charge in [0.1, 0.15) is 18.7 Å². The van der Waals surface area contributed by atoms with Crippen LogP contribution in [0.3, 0.4) is 0 Å². The summed E-state index contributed by atoms with van der Waals surface area (Å²) >= 11 is 0. The number of para-hydroxylation sites is 1. The molecule has 3 heterocycles. The number of carbonyl (C=O) groups is 1. The van der Waals surface area contributed by atoms with Crippen LogP contribution in [0.2, 0.25) is 0 Å². The smallest absolute Gasteiger partial charge is 0.275 e. The summed E-state index contributed by atoms with van der Waals surface area (Å²) in [6.07, 6.45) is 1.71. The molecule has 5 rings (SSSR count). The number of amides is 1. The van der Waals surface area contributed by atoms with Crippen molar-refractivity contribution in [3.8, 4) is 11.5 Å². The summed E-state index contributed by atoms with van der Waals surface area (Å²) in [6.45, 7) is 7.63. The molecule has 0 radical (unpaired) electrons. The van der Waals surface area contributed by atoms with Crippen molar-refractivity contribution in [2.75, 3.05) is 13.2 Å². The molecule has 1 aliphatic heterocycles. The second-order valence-corrected chi connectivity index (χ2v) is 9.29. The van der Waals surface area contributed by atoms with Gasteiger partial charge in [-0.15, -0.1) is 0 Å². The SMILES string of the molecule is CC(C)Cn1cc(C(=O)N[C@@H](C)c2ccc3c(c2)OCCO3)c2c3ccccc3n(C)c2c1=O. The molecule has 176 valence electrons. The third-order valence-corrected chi connectivity index (χ3v) is 6.34. The minimum atomic E-state index is -0.265. The van der Waals surface area contributed by atoms with E-state index in [9.17, 15) is 9.59 Å². The Hall–Kier alpha value is -3.74. The van der Waals surface area contributed by atoms with Crippen LogP contribution < -0.4 is 20.3 Å². The maximum Gasteiger partial charge on any atom is 0.275 e. The lowest BCUT2D eigenvalue weighted by Gasteiger charge is -2.21. The lowest BCUT2D eigenvalue weighted by Crippen LogP contribution is -2.30. The zero-order valence-electron chi connectivity index (χ0n) is 19.9. The first-order valence-corrected chi connectivity index (χ1v) is 11.7. The van der Waals surface area contributed by atoms with Crippen molar-refractivity contribution < 1.29 is 14.3 Å². The first kappa shape index (κ1) is 22.1. The Kier molecular flexibility index (Phi) is 5.55. The summed E-state index contributed by atoms with van der Waals surface area (Å²) in [5, 5.41) is 4.71. The van der Waals surface area contributed by atoms with Crippen LogP contribution >= 0.6 is 0 Å². The molecule has 2 aromatic carbocycles. The van der Waals surface area contributed by atoms with E-state index in [2.05, 4.69) is 19.2 Å².